The van der Waals surface area contributed by atoms with E-state index in [-0.39, 0.29) is 11.1 Å². The van der Waals surface area contributed by atoms with Crippen LogP contribution >= 0.6 is 15.9 Å². The molecule has 18 heavy (non-hydrogen) atoms. The number of carboxylic acids is 1. The molecule has 0 amide bonds. The third-order valence-corrected chi connectivity index (χ3v) is 3.62. The van der Waals surface area contributed by atoms with E-state index in [9.17, 15) is 9.59 Å². The van der Waals surface area contributed by atoms with Gasteiger partial charge in [-0.3, -0.25) is 9.36 Å². The maximum absolute atomic E-state index is 11.8. The number of hydrogen-bond acceptors (Lipinski definition) is 2. The van der Waals surface area contributed by atoms with Gasteiger partial charge in [0.1, 0.15) is 0 Å². The molecule has 1 aromatic carbocycles. The van der Waals surface area contributed by atoms with Crippen molar-refractivity contribution in [2.24, 2.45) is 0 Å². The lowest BCUT2D eigenvalue weighted by molar-refractivity contribution is 0.0696. The molecule has 92 valence electrons. The molecular formula is C13H10BrNO3. The molecule has 0 aliphatic heterocycles. The molecule has 0 aliphatic rings. The van der Waals surface area contributed by atoms with Gasteiger partial charge in [-0.15, -0.1) is 0 Å². The van der Waals surface area contributed by atoms with E-state index < -0.39 is 5.97 Å². The number of hydrogen-bond donors (Lipinski definition) is 1. The van der Waals surface area contributed by atoms with Crippen molar-refractivity contribution in [3.8, 4) is 5.69 Å². The molecule has 2 rings (SSSR count). The molecule has 0 atom stereocenters. The number of rotatable bonds is 2. The fraction of sp³-hybridized carbons (Fsp3) is 0.0769. The Hall–Kier alpha value is -1.88. The fourth-order valence-corrected chi connectivity index (χ4v) is 2.08. The number of carbonyl (C=O) groups is 1. The highest BCUT2D eigenvalue weighted by molar-refractivity contribution is 9.10. The van der Waals surface area contributed by atoms with Crippen LogP contribution in [-0.2, 0) is 0 Å². The molecule has 4 nitrogen and oxygen atoms in total. The van der Waals surface area contributed by atoms with Gasteiger partial charge >= 0.3 is 5.97 Å². The van der Waals surface area contributed by atoms with Gasteiger partial charge in [-0.05, 0) is 40.5 Å². The minimum absolute atomic E-state index is 0.0722. The Bertz CT molecular complexity index is 676. The molecule has 0 bridgehead atoms. The second-order valence-corrected chi connectivity index (χ2v) is 4.63. The summed E-state index contributed by atoms with van der Waals surface area (Å²) in [5.74, 6) is -1.06. The van der Waals surface area contributed by atoms with E-state index in [0.29, 0.717) is 5.69 Å². The van der Waals surface area contributed by atoms with Crippen LogP contribution in [-0.4, -0.2) is 15.6 Å². The van der Waals surface area contributed by atoms with Crippen LogP contribution in [0.2, 0.25) is 0 Å². The van der Waals surface area contributed by atoms with Crippen LogP contribution in [0.15, 0.2) is 45.8 Å². The largest absolute Gasteiger partial charge is 0.478 e. The molecular weight excluding hydrogens is 298 g/mol. The molecule has 0 radical (unpaired) electrons. The summed E-state index contributed by atoms with van der Waals surface area (Å²) >= 11 is 3.41. The van der Waals surface area contributed by atoms with Crippen molar-refractivity contribution < 1.29 is 9.90 Å². The maximum atomic E-state index is 11.8. The van der Waals surface area contributed by atoms with E-state index in [1.165, 1.54) is 22.9 Å². The lowest BCUT2D eigenvalue weighted by Gasteiger charge is -2.10. The van der Waals surface area contributed by atoms with Gasteiger partial charge in [0.15, 0.2) is 0 Å². The van der Waals surface area contributed by atoms with E-state index in [1.807, 2.05) is 19.1 Å². The van der Waals surface area contributed by atoms with Crippen molar-refractivity contribution in [3.63, 3.8) is 0 Å². The minimum Gasteiger partial charge on any atom is -0.478 e. The summed E-state index contributed by atoms with van der Waals surface area (Å²) < 4.78 is 2.09. The Labute approximate surface area is 112 Å². The van der Waals surface area contributed by atoms with Crippen LogP contribution in [0.1, 0.15) is 15.9 Å². The maximum Gasteiger partial charge on any atom is 0.337 e. The van der Waals surface area contributed by atoms with Gasteiger partial charge in [0, 0.05) is 16.7 Å². The van der Waals surface area contributed by atoms with Crippen molar-refractivity contribution in [1.82, 2.24) is 4.57 Å². The molecule has 2 aromatic rings. The molecule has 0 fully saturated rings. The Morgan fingerprint density at radius 2 is 2.00 bits per heavy atom. The predicted molar refractivity (Wildman–Crippen MR) is 71.4 cm³/mol. The van der Waals surface area contributed by atoms with Crippen LogP contribution in [0, 0.1) is 6.92 Å². The van der Waals surface area contributed by atoms with Crippen molar-refractivity contribution in [2.75, 3.05) is 0 Å². The fourth-order valence-electron chi connectivity index (χ4n) is 1.62. The van der Waals surface area contributed by atoms with Crippen molar-refractivity contribution >= 4 is 21.9 Å². The van der Waals surface area contributed by atoms with Gasteiger partial charge in [-0.1, -0.05) is 12.1 Å². The Morgan fingerprint density at radius 1 is 1.28 bits per heavy atom. The summed E-state index contributed by atoms with van der Waals surface area (Å²) in [6.45, 7) is 1.90. The van der Waals surface area contributed by atoms with Gasteiger partial charge < -0.3 is 5.11 Å². The van der Waals surface area contributed by atoms with Crippen LogP contribution < -0.4 is 5.56 Å². The second kappa shape index (κ2) is 4.78. The average molecular weight is 308 g/mol. The van der Waals surface area contributed by atoms with Crippen LogP contribution in [0.5, 0.6) is 0 Å². The molecule has 0 saturated heterocycles. The first kappa shape index (κ1) is 12.6. The average Bonchev–Trinajstić information content (AvgIpc) is 2.33. The van der Waals surface area contributed by atoms with E-state index in [4.69, 9.17) is 5.11 Å². The summed E-state index contributed by atoms with van der Waals surface area (Å²) in [6, 6.07) is 8.02. The summed E-state index contributed by atoms with van der Waals surface area (Å²) in [7, 11) is 0. The zero-order valence-corrected chi connectivity index (χ0v) is 11.1. The van der Waals surface area contributed by atoms with Gasteiger partial charge in [0.2, 0.25) is 0 Å². The van der Waals surface area contributed by atoms with Crippen molar-refractivity contribution in [2.45, 2.75) is 6.92 Å². The highest BCUT2D eigenvalue weighted by atomic mass is 79.9. The van der Waals surface area contributed by atoms with E-state index in [0.717, 1.165) is 10.0 Å². The van der Waals surface area contributed by atoms with Crippen LogP contribution in [0.25, 0.3) is 5.69 Å². The number of pyridine rings is 1. The van der Waals surface area contributed by atoms with Crippen molar-refractivity contribution in [3.05, 3.63) is 62.5 Å². The molecule has 0 saturated carbocycles. The number of halogens is 1. The van der Waals surface area contributed by atoms with E-state index >= 15 is 0 Å². The SMILES string of the molecule is Cc1cccc(-n2cc(C(=O)O)ccc2=O)c1Br. The summed E-state index contributed by atoms with van der Waals surface area (Å²) in [4.78, 5) is 22.7. The van der Waals surface area contributed by atoms with Gasteiger partial charge in [0.05, 0.1) is 11.3 Å². The minimum atomic E-state index is -1.06. The Kier molecular flexibility index (Phi) is 3.34. The normalized spacial score (nSPS) is 10.3. The monoisotopic (exact) mass is 307 g/mol. The zero-order valence-electron chi connectivity index (χ0n) is 9.55. The molecule has 0 aliphatic carbocycles. The molecule has 1 N–H and O–H groups in total. The second-order valence-electron chi connectivity index (χ2n) is 3.84. The molecule has 0 unspecified atom stereocenters. The van der Waals surface area contributed by atoms with Gasteiger partial charge in [-0.25, -0.2) is 4.79 Å². The first-order valence-corrected chi connectivity index (χ1v) is 6.01. The molecule has 1 aromatic heterocycles. The highest BCUT2D eigenvalue weighted by Gasteiger charge is 2.09. The first-order valence-electron chi connectivity index (χ1n) is 5.22. The van der Waals surface area contributed by atoms with E-state index in [1.54, 1.807) is 6.07 Å². The lowest BCUT2D eigenvalue weighted by atomic mass is 10.2. The molecule has 0 spiro atoms. The smallest absolute Gasteiger partial charge is 0.337 e. The third kappa shape index (κ3) is 2.22. The summed E-state index contributed by atoms with van der Waals surface area (Å²) in [5, 5.41) is 8.94. The zero-order chi connectivity index (χ0) is 13.3. The summed E-state index contributed by atoms with van der Waals surface area (Å²) in [6.07, 6.45) is 1.32. The van der Waals surface area contributed by atoms with Crippen LogP contribution in [0.3, 0.4) is 0 Å². The Balaban J connectivity index is 2.70. The molecule has 1 heterocycles. The van der Waals surface area contributed by atoms with Gasteiger partial charge in [0.25, 0.3) is 5.56 Å². The van der Waals surface area contributed by atoms with Crippen LogP contribution in [0.4, 0.5) is 0 Å². The highest BCUT2D eigenvalue weighted by Crippen LogP contribution is 2.23. The number of aryl methyl sites for hydroxylation is 1. The van der Waals surface area contributed by atoms with Crippen molar-refractivity contribution in [1.29, 1.82) is 0 Å². The number of nitrogens with zero attached hydrogens (tertiary/aromatic N) is 1. The topological polar surface area (TPSA) is 59.3 Å². The number of aromatic carboxylic acids is 1. The van der Waals surface area contributed by atoms with Gasteiger partial charge in [-0.2, -0.15) is 0 Å². The molecule has 5 heteroatoms. The quantitative estimate of drug-likeness (QED) is 0.927. The Morgan fingerprint density at radius 3 is 2.67 bits per heavy atom. The number of carboxylic acid groups (broad SMARTS) is 1. The summed E-state index contributed by atoms with van der Waals surface area (Å²) in [5.41, 5.74) is 1.40. The number of benzene rings is 1. The number of aromatic nitrogens is 1. The third-order valence-electron chi connectivity index (χ3n) is 2.59. The predicted octanol–water partition coefficient (Wildman–Crippen LogP) is 2.61. The van der Waals surface area contributed by atoms with E-state index in [2.05, 4.69) is 15.9 Å². The lowest BCUT2D eigenvalue weighted by Crippen LogP contribution is -2.18. The standard InChI is InChI=1S/C13H10BrNO3/c1-8-3-2-4-10(12(8)14)15-7-9(13(17)18)5-6-11(15)16/h2-7H,1H3,(H,17,18). The first-order chi connectivity index (χ1) is 8.50.